The molecular weight excluding hydrogens is 356 g/mol. The number of sulfonamides is 1. The number of nitrogens with one attached hydrogen (secondary N) is 1. The van der Waals surface area contributed by atoms with Gasteiger partial charge in [0.15, 0.2) is 0 Å². The molecule has 0 spiro atoms. The number of likely N-dealkylation sites (tertiary alicyclic amines) is 1. The second kappa shape index (κ2) is 6.89. The molecule has 116 valence electrons. The third-order valence-corrected chi connectivity index (χ3v) is 5.58. The van der Waals surface area contributed by atoms with Crippen LogP contribution in [0.3, 0.4) is 0 Å². The predicted molar refractivity (Wildman–Crippen MR) is 84.4 cm³/mol. The summed E-state index contributed by atoms with van der Waals surface area (Å²) < 4.78 is 27.7. The van der Waals surface area contributed by atoms with Gasteiger partial charge in [-0.15, -0.1) is 0 Å². The summed E-state index contributed by atoms with van der Waals surface area (Å²) in [4.78, 5) is 14.1. The highest BCUT2D eigenvalue weighted by atomic mass is 79.9. The Hall–Kier alpha value is -0.920. The first-order valence-electron chi connectivity index (χ1n) is 6.97. The molecule has 1 saturated heterocycles. The predicted octanol–water partition coefficient (Wildman–Crippen LogP) is 2.13. The SMILES string of the molecule is C[C@@H](NS(=O)(=O)c1ccc(Br)cc1)C(=O)N1CCCCC1. The molecule has 1 N–H and O–H groups in total. The molecule has 0 unspecified atom stereocenters. The van der Waals surface area contributed by atoms with Gasteiger partial charge in [0, 0.05) is 17.6 Å². The average molecular weight is 375 g/mol. The normalized spacial score (nSPS) is 17.5. The maximum atomic E-state index is 12.3. The number of carbonyl (C=O) groups is 1. The second-order valence-corrected chi connectivity index (χ2v) is 7.81. The molecule has 21 heavy (non-hydrogen) atoms. The Balaban J connectivity index is 2.05. The van der Waals surface area contributed by atoms with Crippen LogP contribution in [0.2, 0.25) is 0 Å². The van der Waals surface area contributed by atoms with Crippen LogP contribution in [0.1, 0.15) is 26.2 Å². The maximum absolute atomic E-state index is 12.3. The lowest BCUT2D eigenvalue weighted by atomic mass is 10.1. The van der Waals surface area contributed by atoms with E-state index < -0.39 is 16.1 Å². The van der Waals surface area contributed by atoms with Gasteiger partial charge in [0.05, 0.1) is 10.9 Å². The summed E-state index contributed by atoms with van der Waals surface area (Å²) in [6, 6.07) is 5.57. The van der Waals surface area contributed by atoms with Gasteiger partial charge < -0.3 is 4.90 Å². The van der Waals surface area contributed by atoms with Crippen LogP contribution >= 0.6 is 15.9 Å². The smallest absolute Gasteiger partial charge is 0.241 e. The van der Waals surface area contributed by atoms with Crippen molar-refractivity contribution in [1.82, 2.24) is 9.62 Å². The third-order valence-electron chi connectivity index (χ3n) is 3.49. The molecule has 2 rings (SSSR count). The van der Waals surface area contributed by atoms with E-state index in [-0.39, 0.29) is 10.8 Å². The molecule has 1 atom stereocenters. The van der Waals surface area contributed by atoms with E-state index >= 15 is 0 Å². The number of halogens is 1. The van der Waals surface area contributed by atoms with Gasteiger partial charge in [0.1, 0.15) is 0 Å². The van der Waals surface area contributed by atoms with E-state index in [1.165, 1.54) is 12.1 Å². The van der Waals surface area contributed by atoms with Gasteiger partial charge in [-0.05, 0) is 50.5 Å². The highest BCUT2D eigenvalue weighted by Crippen LogP contribution is 2.16. The summed E-state index contributed by atoms with van der Waals surface area (Å²) in [6.07, 6.45) is 3.10. The Morgan fingerprint density at radius 1 is 1.19 bits per heavy atom. The fourth-order valence-corrected chi connectivity index (χ4v) is 3.81. The standard InChI is InChI=1S/C14H19BrN2O3S/c1-11(14(18)17-9-3-2-4-10-17)16-21(19,20)13-7-5-12(15)6-8-13/h5-8,11,16H,2-4,9-10H2,1H3/t11-/m1/s1. The molecule has 1 amide bonds. The summed E-state index contributed by atoms with van der Waals surface area (Å²) >= 11 is 3.26. The van der Waals surface area contributed by atoms with Crippen LogP contribution in [0.5, 0.6) is 0 Å². The van der Waals surface area contributed by atoms with Crippen molar-refractivity contribution >= 4 is 31.9 Å². The quantitative estimate of drug-likeness (QED) is 0.877. The Kier molecular flexibility index (Phi) is 5.40. The first-order valence-corrected chi connectivity index (χ1v) is 9.24. The van der Waals surface area contributed by atoms with Gasteiger partial charge >= 0.3 is 0 Å². The number of hydrogen-bond acceptors (Lipinski definition) is 3. The number of carbonyl (C=O) groups excluding carboxylic acids is 1. The number of hydrogen-bond donors (Lipinski definition) is 1. The fraction of sp³-hybridized carbons (Fsp3) is 0.500. The van der Waals surface area contributed by atoms with E-state index in [9.17, 15) is 13.2 Å². The van der Waals surface area contributed by atoms with Gasteiger partial charge in [0.2, 0.25) is 15.9 Å². The first-order chi connectivity index (χ1) is 9.90. The van der Waals surface area contributed by atoms with Crippen LogP contribution < -0.4 is 4.72 Å². The maximum Gasteiger partial charge on any atom is 0.241 e. The van der Waals surface area contributed by atoms with Crippen molar-refractivity contribution in [2.24, 2.45) is 0 Å². The fourth-order valence-electron chi connectivity index (χ4n) is 2.35. The molecule has 5 nitrogen and oxygen atoms in total. The number of amides is 1. The second-order valence-electron chi connectivity index (χ2n) is 5.18. The monoisotopic (exact) mass is 374 g/mol. The third kappa shape index (κ3) is 4.28. The molecule has 0 radical (unpaired) electrons. The zero-order valence-corrected chi connectivity index (χ0v) is 14.3. The summed E-state index contributed by atoms with van der Waals surface area (Å²) in [6.45, 7) is 3.01. The van der Waals surface area contributed by atoms with Crippen LogP contribution in [-0.4, -0.2) is 38.4 Å². The van der Waals surface area contributed by atoms with Crippen LogP contribution in [0.15, 0.2) is 33.6 Å². The summed E-state index contributed by atoms with van der Waals surface area (Å²) in [5.74, 6) is -0.157. The topological polar surface area (TPSA) is 66.5 Å². The molecule has 0 aliphatic carbocycles. The molecule has 1 aromatic carbocycles. The average Bonchev–Trinajstić information content (AvgIpc) is 2.47. The number of benzene rings is 1. The Bertz CT molecular complexity index is 595. The Labute approximate surface area is 133 Å². The van der Waals surface area contributed by atoms with Crippen molar-refractivity contribution < 1.29 is 13.2 Å². The van der Waals surface area contributed by atoms with Crippen molar-refractivity contribution in [2.75, 3.05) is 13.1 Å². The Morgan fingerprint density at radius 3 is 2.33 bits per heavy atom. The lowest BCUT2D eigenvalue weighted by molar-refractivity contribution is -0.133. The zero-order chi connectivity index (χ0) is 15.5. The molecular formula is C14H19BrN2O3S. The molecule has 0 aromatic heterocycles. The summed E-state index contributed by atoms with van der Waals surface area (Å²) in [5.41, 5.74) is 0. The molecule has 1 heterocycles. The molecule has 1 aromatic rings. The largest absolute Gasteiger partial charge is 0.341 e. The lowest BCUT2D eigenvalue weighted by Gasteiger charge is -2.29. The molecule has 1 aliphatic heterocycles. The van der Waals surface area contributed by atoms with Gasteiger partial charge in [-0.25, -0.2) is 8.42 Å². The van der Waals surface area contributed by atoms with Crippen LogP contribution in [0, 0.1) is 0 Å². The van der Waals surface area contributed by atoms with E-state index in [2.05, 4.69) is 20.7 Å². The molecule has 0 bridgehead atoms. The summed E-state index contributed by atoms with van der Waals surface area (Å²) in [7, 11) is -3.68. The van der Waals surface area contributed by atoms with E-state index in [0.717, 1.165) is 23.7 Å². The van der Waals surface area contributed by atoms with E-state index in [0.29, 0.717) is 13.1 Å². The van der Waals surface area contributed by atoms with E-state index in [1.807, 2.05) is 0 Å². The minimum absolute atomic E-state index is 0.156. The number of piperidine rings is 1. The van der Waals surface area contributed by atoms with Crippen LogP contribution in [0.4, 0.5) is 0 Å². The van der Waals surface area contributed by atoms with Crippen molar-refractivity contribution in [3.63, 3.8) is 0 Å². The van der Waals surface area contributed by atoms with E-state index in [4.69, 9.17) is 0 Å². The van der Waals surface area contributed by atoms with E-state index in [1.54, 1.807) is 24.0 Å². The number of rotatable bonds is 4. The highest BCUT2D eigenvalue weighted by molar-refractivity contribution is 9.10. The van der Waals surface area contributed by atoms with Gasteiger partial charge in [-0.3, -0.25) is 4.79 Å². The lowest BCUT2D eigenvalue weighted by Crippen LogP contribution is -2.48. The van der Waals surface area contributed by atoms with Crippen LogP contribution in [0.25, 0.3) is 0 Å². The van der Waals surface area contributed by atoms with Gasteiger partial charge in [0.25, 0.3) is 0 Å². The van der Waals surface area contributed by atoms with Gasteiger partial charge in [-0.2, -0.15) is 4.72 Å². The Morgan fingerprint density at radius 2 is 1.76 bits per heavy atom. The number of nitrogens with zero attached hydrogens (tertiary/aromatic N) is 1. The molecule has 1 aliphatic rings. The summed E-state index contributed by atoms with van der Waals surface area (Å²) in [5, 5.41) is 0. The van der Waals surface area contributed by atoms with Crippen molar-refractivity contribution in [3.8, 4) is 0 Å². The van der Waals surface area contributed by atoms with Crippen molar-refractivity contribution in [2.45, 2.75) is 37.1 Å². The van der Waals surface area contributed by atoms with Crippen LogP contribution in [-0.2, 0) is 14.8 Å². The minimum Gasteiger partial charge on any atom is -0.341 e. The molecule has 1 fully saturated rings. The van der Waals surface area contributed by atoms with Crippen molar-refractivity contribution in [3.05, 3.63) is 28.7 Å². The highest BCUT2D eigenvalue weighted by Gasteiger charge is 2.26. The minimum atomic E-state index is -3.68. The molecule has 7 heteroatoms. The molecule has 0 saturated carbocycles. The first kappa shape index (κ1) is 16.5. The zero-order valence-electron chi connectivity index (χ0n) is 11.9. The van der Waals surface area contributed by atoms with Gasteiger partial charge in [-0.1, -0.05) is 15.9 Å². The van der Waals surface area contributed by atoms with Crippen molar-refractivity contribution in [1.29, 1.82) is 0 Å².